The Balaban J connectivity index is 1.60. The van der Waals surface area contributed by atoms with Crippen molar-refractivity contribution in [2.24, 2.45) is 0 Å². The van der Waals surface area contributed by atoms with Crippen LogP contribution in [0.2, 0.25) is 0 Å². The maximum atomic E-state index is 12.8. The second-order valence-electron chi connectivity index (χ2n) is 6.38. The summed E-state index contributed by atoms with van der Waals surface area (Å²) < 4.78 is 1.90. The molecular formula is C20H19N3OS. The normalized spacial score (nSPS) is 12.4. The van der Waals surface area contributed by atoms with Crippen molar-refractivity contribution in [3.63, 3.8) is 0 Å². The molecule has 4 rings (SSSR count). The van der Waals surface area contributed by atoms with Gasteiger partial charge in [0.2, 0.25) is 0 Å². The molecule has 0 spiro atoms. The molecule has 1 aliphatic heterocycles. The predicted octanol–water partition coefficient (Wildman–Crippen LogP) is 3.39. The van der Waals surface area contributed by atoms with Gasteiger partial charge in [-0.1, -0.05) is 36.4 Å². The summed E-state index contributed by atoms with van der Waals surface area (Å²) in [5.41, 5.74) is 4.15. The van der Waals surface area contributed by atoms with E-state index in [4.69, 9.17) is 12.2 Å². The Hall–Kier alpha value is -2.66. The van der Waals surface area contributed by atoms with Crippen LogP contribution in [0.4, 0.5) is 5.69 Å². The van der Waals surface area contributed by atoms with Gasteiger partial charge in [-0.05, 0) is 47.8 Å². The lowest BCUT2D eigenvalue weighted by molar-refractivity contribution is 0.502. The van der Waals surface area contributed by atoms with Gasteiger partial charge in [0.15, 0.2) is 5.11 Å². The van der Waals surface area contributed by atoms with E-state index in [9.17, 15) is 4.79 Å². The number of para-hydroxylation sites is 2. The van der Waals surface area contributed by atoms with Crippen LogP contribution in [0.15, 0.2) is 59.4 Å². The number of pyridine rings is 1. The van der Waals surface area contributed by atoms with Crippen molar-refractivity contribution < 1.29 is 0 Å². The molecule has 0 radical (unpaired) electrons. The van der Waals surface area contributed by atoms with E-state index in [-0.39, 0.29) is 5.56 Å². The molecule has 0 fully saturated rings. The van der Waals surface area contributed by atoms with Gasteiger partial charge in [-0.15, -0.1) is 0 Å². The molecule has 0 amide bonds. The summed E-state index contributed by atoms with van der Waals surface area (Å²) in [4.78, 5) is 14.7. The molecule has 0 saturated carbocycles. The van der Waals surface area contributed by atoms with Gasteiger partial charge in [-0.2, -0.15) is 0 Å². The fraction of sp³-hybridized carbons (Fsp3) is 0.200. The van der Waals surface area contributed by atoms with Crippen LogP contribution in [0.5, 0.6) is 0 Å². The first-order chi connectivity index (χ1) is 12.1. The van der Waals surface area contributed by atoms with Crippen LogP contribution < -0.4 is 10.9 Å². The molecule has 2 aromatic carbocycles. The van der Waals surface area contributed by atoms with Gasteiger partial charge in [0.1, 0.15) is 0 Å². The molecule has 1 aromatic heterocycles. The average molecular weight is 349 g/mol. The maximum absolute atomic E-state index is 12.8. The maximum Gasteiger partial charge on any atom is 0.256 e. The number of nitrogens with one attached hydrogen (secondary N) is 1. The SMILES string of the molecule is CN(Cc1cc2cccc3c2n(c1=O)CC3)C(=S)Nc1ccccc1. The molecule has 4 nitrogen and oxygen atoms in total. The van der Waals surface area contributed by atoms with Crippen molar-refractivity contribution in [1.82, 2.24) is 9.47 Å². The molecule has 25 heavy (non-hydrogen) atoms. The highest BCUT2D eigenvalue weighted by atomic mass is 32.1. The molecular weight excluding hydrogens is 330 g/mol. The van der Waals surface area contributed by atoms with E-state index in [1.54, 1.807) is 0 Å². The van der Waals surface area contributed by atoms with Crippen LogP contribution in [-0.4, -0.2) is 21.6 Å². The number of nitrogens with zero attached hydrogens (tertiary/aromatic N) is 2. The smallest absolute Gasteiger partial charge is 0.256 e. The Morgan fingerprint density at radius 1 is 1.20 bits per heavy atom. The molecule has 3 aromatic rings. The zero-order chi connectivity index (χ0) is 17.4. The van der Waals surface area contributed by atoms with E-state index >= 15 is 0 Å². The molecule has 0 saturated heterocycles. The number of rotatable bonds is 3. The number of aryl methyl sites for hydroxylation is 2. The molecule has 0 unspecified atom stereocenters. The lowest BCUT2D eigenvalue weighted by Crippen LogP contribution is -2.34. The first-order valence-corrected chi connectivity index (χ1v) is 8.76. The van der Waals surface area contributed by atoms with Crippen LogP contribution in [0.25, 0.3) is 10.9 Å². The Morgan fingerprint density at radius 3 is 2.80 bits per heavy atom. The quantitative estimate of drug-likeness (QED) is 0.736. The molecule has 0 aliphatic carbocycles. The Bertz CT molecular complexity index is 1010. The number of thiocarbonyl (C=S) groups is 1. The number of hydrogen-bond donors (Lipinski definition) is 1. The van der Waals surface area contributed by atoms with Crippen molar-refractivity contribution in [3.05, 3.63) is 76.1 Å². The number of hydrogen-bond acceptors (Lipinski definition) is 2. The van der Waals surface area contributed by atoms with Gasteiger partial charge in [-0.3, -0.25) is 4.79 Å². The average Bonchev–Trinajstić information content (AvgIpc) is 3.06. The number of anilines is 1. The summed E-state index contributed by atoms with van der Waals surface area (Å²) in [7, 11) is 1.91. The van der Waals surface area contributed by atoms with E-state index in [0.717, 1.165) is 35.1 Å². The highest BCUT2D eigenvalue weighted by Crippen LogP contribution is 2.24. The molecule has 1 N–H and O–H groups in total. The molecule has 5 heteroatoms. The second-order valence-corrected chi connectivity index (χ2v) is 6.77. The van der Waals surface area contributed by atoms with Crippen molar-refractivity contribution in [2.75, 3.05) is 12.4 Å². The van der Waals surface area contributed by atoms with Crippen LogP contribution in [-0.2, 0) is 19.5 Å². The van der Waals surface area contributed by atoms with Crippen LogP contribution in [0, 0.1) is 0 Å². The lowest BCUT2D eigenvalue weighted by Gasteiger charge is -2.21. The predicted molar refractivity (Wildman–Crippen MR) is 106 cm³/mol. The van der Waals surface area contributed by atoms with Crippen molar-refractivity contribution in [2.45, 2.75) is 19.5 Å². The first kappa shape index (κ1) is 15.8. The zero-order valence-electron chi connectivity index (χ0n) is 14.0. The molecule has 1 aliphatic rings. The largest absolute Gasteiger partial charge is 0.348 e. The monoisotopic (exact) mass is 349 g/mol. The van der Waals surface area contributed by atoms with Gasteiger partial charge in [-0.25, -0.2) is 0 Å². The standard InChI is InChI=1S/C20H19N3OS/c1-22(20(25)21-17-8-3-2-4-9-17)13-16-12-15-7-5-6-14-10-11-23(18(14)15)19(16)24/h2-9,12H,10-11,13H2,1H3,(H,21,25). The Labute approximate surface area is 151 Å². The van der Waals surface area contributed by atoms with Crippen LogP contribution in [0.1, 0.15) is 11.1 Å². The summed E-state index contributed by atoms with van der Waals surface area (Å²) in [6.07, 6.45) is 0.930. The van der Waals surface area contributed by atoms with E-state index in [0.29, 0.717) is 11.7 Å². The fourth-order valence-electron chi connectivity index (χ4n) is 3.41. The highest BCUT2D eigenvalue weighted by Gasteiger charge is 2.18. The lowest BCUT2D eigenvalue weighted by atomic mass is 10.1. The summed E-state index contributed by atoms with van der Waals surface area (Å²) >= 11 is 5.47. The van der Waals surface area contributed by atoms with E-state index in [1.165, 1.54) is 5.56 Å². The Morgan fingerprint density at radius 2 is 2.00 bits per heavy atom. The van der Waals surface area contributed by atoms with Gasteiger partial charge in [0.05, 0.1) is 12.1 Å². The van der Waals surface area contributed by atoms with E-state index in [1.807, 2.05) is 52.9 Å². The minimum Gasteiger partial charge on any atom is -0.348 e. The van der Waals surface area contributed by atoms with Crippen LogP contribution >= 0.6 is 12.2 Å². The van der Waals surface area contributed by atoms with Crippen molar-refractivity contribution in [3.8, 4) is 0 Å². The second kappa shape index (κ2) is 6.33. The van der Waals surface area contributed by atoms with Crippen LogP contribution in [0.3, 0.4) is 0 Å². The third-order valence-corrected chi connectivity index (χ3v) is 5.07. The fourth-order valence-corrected chi connectivity index (χ4v) is 3.59. The van der Waals surface area contributed by atoms with Gasteiger partial charge >= 0.3 is 0 Å². The third kappa shape index (κ3) is 2.91. The van der Waals surface area contributed by atoms with Crippen molar-refractivity contribution >= 4 is 33.9 Å². The molecule has 0 bridgehead atoms. The summed E-state index contributed by atoms with van der Waals surface area (Å²) in [6.45, 7) is 1.25. The molecule has 126 valence electrons. The molecule has 0 atom stereocenters. The minimum absolute atomic E-state index is 0.0896. The van der Waals surface area contributed by atoms with Gasteiger partial charge < -0.3 is 14.8 Å². The van der Waals surface area contributed by atoms with E-state index < -0.39 is 0 Å². The summed E-state index contributed by atoms with van der Waals surface area (Å²) in [5.74, 6) is 0. The highest BCUT2D eigenvalue weighted by molar-refractivity contribution is 7.80. The zero-order valence-corrected chi connectivity index (χ0v) is 14.8. The Kier molecular flexibility index (Phi) is 4.01. The summed E-state index contributed by atoms with van der Waals surface area (Å²) in [5, 5.41) is 4.93. The van der Waals surface area contributed by atoms with Gasteiger partial charge in [0.25, 0.3) is 5.56 Å². The topological polar surface area (TPSA) is 37.3 Å². The number of benzene rings is 2. The summed E-state index contributed by atoms with van der Waals surface area (Å²) in [6, 6.07) is 18.1. The van der Waals surface area contributed by atoms with Crippen molar-refractivity contribution in [1.29, 1.82) is 0 Å². The number of aromatic nitrogens is 1. The third-order valence-electron chi connectivity index (χ3n) is 4.65. The molecule has 2 heterocycles. The van der Waals surface area contributed by atoms with Gasteiger partial charge in [0, 0.05) is 24.8 Å². The van der Waals surface area contributed by atoms with E-state index in [2.05, 4.69) is 23.5 Å². The first-order valence-electron chi connectivity index (χ1n) is 8.35. The minimum atomic E-state index is 0.0896.